The highest BCUT2D eigenvalue weighted by atomic mass is 32.1. The van der Waals surface area contributed by atoms with Crippen molar-refractivity contribution < 1.29 is 29.1 Å². The smallest absolute Gasteiger partial charge is 0.254 e. The van der Waals surface area contributed by atoms with Gasteiger partial charge >= 0.3 is 0 Å². The summed E-state index contributed by atoms with van der Waals surface area (Å²) in [5.74, 6) is 1.64. The van der Waals surface area contributed by atoms with Crippen LogP contribution >= 0.6 is 11.3 Å². The van der Waals surface area contributed by atoms with Crippen LogP contribution in [0, 0.1) is 12.8 Å². The maximum absolute atomic E-state index is 13.5. The molecule has 332 valence electrons. The summed E-state index contributed by atoms with van der Waals surface area (Å²) < 4.78 is 11.4. The molecule has 4 aliphatic heterocycles. The van der Waals surface area contributed by atoms with Crippen molar-refractivity contribution in [1.29, 1.82) is 0 Å². The number of carbonyl (C=O) groups excluding carboxylic acids is 2. The quantitative estimate of drug-likeness (QED) is 0.127. The fraction of sp³-hybridized carbons (Fsp3) is 0.478. The summed E-state index contributed by atoms with van der Waals surface area (Å²) in [6, 6.07) is 18.7. The number of nitrogens with one attached hydrogen (secondary N) is 2. The van der Waals surface area contributed by atoms with Crippen LogP contribution in [-0.4, -0.2) is 140 Å². The van der Waals surface area contributed by atoms with Crippen LogP contribution in [0.5, 0.6) is 11.6 Å². The van der Waals surface area contributed by atoms with Gasteiger partial charge in [0.05, 0.1) is 52.1 Å². The number of ether oxygens (including phenoxy) is 1. The second-order valence-corrected chi connectivity index (χ2v) is 18.2. The Morgan fingerprint density at radius 2 is 1.84 bits per heavy atom. The third-order valence-corrected chi connectivity index (χ3v) is 14.3. The lowest BCUT2D eigenvalue weighted by Gasteiger charge is -2.49. The molecule has 7 heterocycles. The zero-order chi connectivity index (χ0) is 43.6. The molecular weight excluding hydrogens is 821 g/mol. The van der Waals surface area contributed by atoms with Crippen LogP contribution in [0.2, 0.25) is 0 Å². The largest absolute Gasteiger partial charge is 0.507 e. The third kappa shape index (κ3) is 9.37. The van der Waals surface area contributed by atoms with E-state index in [-0.39, 0.29) is 43.0 Å². The number of aliphatic hydroxyl groups excluding tert-OH is 1. The number of piperazine rings is 1. The number of thiazole rings is 1. The Bertz CT molecular complexity index is 2380. The minimum atomic E-state index is -0.795. The van der Waals surface area contributed by atoms with E-state index in [1.165, 1.54) is 4.90 Å². The predicted molar refractivity (Wildman–Crippen MR) is 240 cm³/mol. The van der Waals surface area contributed by atoms with E-state index < -0.39 is 12.1 Å². The molecule has 5 aromatic rings. The number of aromatic nitrogens is 4. The molecule has 4 N–H and O–H groups in total. The second kappa shape index (κ2) is 18.6. The van der Waals surface area contributed by atoms with Gasteiger partial charge in [0.2, 0.25) is 11.8 Å². The number of amides is 2. The normalized spacial score (nSPS) is 21.6. The van der Waals surface area contributed by atoms with Crippen molar-refractivity contribution in [3.05, 3.63) is 83.2 Å². The maximum atomic E-state index is 13.5. The molecule has 63 heavy (non-hydrogen) atoms. The lowest BCUT2D eigenvalue weighted by Crippen LogP contribution is -2.60. The summed E-state index contributed by atoms with van der Waals surface area (Å²) in [6.07, 6.45) is 1.51. The monoisotopic (exact) mass is 876 g/mol. The first kappa shape index (κ1) is 42.7. The highest BCUT2D eigenvalue weighted by molar-refractivity contribution is 7.13. The average molecular weight is 877 g/mol. The number of piperidine rings is 1. The average Bonchev–Trinajstić information content (AvgIpc) is 4.05. The number of anilines is 2. The Morgan fingerprint density at radius 1 is 1.03 bits per heavy atom. The van der Waals surface area contributed by atoms with Crippen LogP contribution in [0.3, 0.4) is 0 Å². The van der Waals surface area contributed by atoms with Crippen molar-refractivity contribution in [2.45, 2.75) is 76.7 Å². The Balaban J connectivity index is 0.701. The number of aliphatic hydroxyl groups is 1. The van der Waals surface area contributed by atoms with E-state index in [0.717, 1.165) is 91.9 Å². The van der Waals surface area contributed by atoms with E-state index in [0.29, 0.717) is 47.5 Å². The van der Waals surface area contributed by atoms with Crippen molar-refractivity contribution in [3.63, 3.8) is 0 Å². The van der Waals surface area contributed by atoms with Gasteiger partial charge in [-0.1, -0.05) is 36.4 Å². The van der Waals surface area contributed by atoms with Crippen LogP contribution < -0.4 is 20.3 Å². The van der Waals surface area contributed by atoms with Gasteiger partial charge in [0.15, 0.2) is 5.82 Å². The van der Waals surface area contributed by atoms with E-state index in [4.69, 9.17) is 9.26 Å². The first-order chi connectivity index (χ1) is 30.6. The maximum Gasteiger partial charge on any atom is 0.254 e. The van der Waals surface area contributed by atoms with Crippen LogP contribution in [0.25, 0.3) is 21.7 Å². The number of benzene rings is 2. The van der Waals surface area contributed by atoms with Crippen molar-refractivity contribution in [1.82, 2.24) is 40.4 Å². The number of para-hydroxylation sites is 1. The first-order valence-electron chi connectivity index (χ1n) is 22.1. The standard InChI is InChI=1S/C46H56N10O6S/c1-28(31-8-10-33(11-9-31)44-29(2)48-27-63-44)49-46(60)40-20-35(57)26-56(40)43(59)22-36-21-42(52-62-36)61-19-18-53-14-12-32(13-15-53)30(3)54-16-17-55-34(25-54)24-47-45-39(55)23-38(50-51-45)37-6-4-5-7-41(37)58/h4-11,21,23,27-28,30,32,34-35,40,57-58H,12-20,22,24-26H2,1-3H3,(H,47,51)(H,49,60)/t28-,30?,34-,35+,40-/m0/s1. The molecule has 0 bridgehead atoms. The molecule has 5 atom stereocenters. The zero-order valence-electron chi connectivity index (χ0n) is 36.0. The van der Waals surface area contributed by atoms with Crippen molar-refractivity contribution >= 4 is 34.7 Å². The number of phenols is 1. The number of phenolic OH excluding ortho intramolecular Hbond substituents is 1. The molecule has 16 nitrogen and oxygen atoms in total. The van der Waals surface area contributed by atoms with E-state index in [1.54, 1.807) is 23.5 Å². The summed E-state index contributed by atoms with van der Waals surface area (Å²) in [4.78, 5) is 41.3. The van der Waals surface area contributed by atoms with Crippen molar-refractivity contribution in [2.75, 3.05) is 69.2 Å². The number of hydrogen-bond acceptors (Lipinski definition) is 15. The van der Waals surface area contributed by atoms with Crippen LogP contribution in [0.1, 0.15) is 56.2 Å². The van der Waals surface area contributed by atoms with Gasteiger partial charge in [0.25, 0.3) is 5.88 Å². The Morgan fingerprint density at radius 3 is 2.62 bits per heavy atom. The van der Waals surface area contributed by atoms with Gasteiger partial charge in [-0.25, -0.2) is 4.98 Å². The van der Waals surface area contributed by atoms with Crippen LogP contribution in [0.15, 0.2) is 70.7 Å². The number of aryl methyl sites for hydroxylation is 1. The van der Waals surface area contributed by atoms with Crippen molar-refractivity contribution in [2.24, 2.45) is 5.92 Å². The minimum absolute atomic E-state index is 0.0738. The molecule has 17 heteroatoms. The van der Waals surface area contributed by atoms with Gasteiger partial charge in [-0.2, -0.15) is 0 Å². The first-order valence-corrected chi connectivity index (χ1v) is 23.0. The van der Waals surface area contributed by atoms with Crippen molar-refractivity contribution in [3.8, 4) is 33.3 Å². The lowest BCUT2D eigenvalue weighted by atomic mass is 9.88. The van der Waals surface area contributed by atoms with E-state index >= 15 is 0 Å². The van der Waals surface area contributed by atoms with Gasteiger partial charge in [-0.3, -0.25) is 19.4 Å². The summed E-state index contributed by atoms with van der Waals surface area (Å²) in [5, 5.41) is 40.4. The molecule has 2 aromatic carbocycles. The van der Waals surface area contributed by atoms with Gasteiger partial charge in [-0.15, -0.1) is 21.5 Å². The summed E-state index contributed by atoms with van der Waals surface area (Å²) in [5.41, 5.74) is 7.22. The minimum Gasteiger partial charge on any atom is -0.507 e. The number of aromatic hydroxyl groups is 1. The van der Waals surface area contributed by atoms with E-state index in [9.17, 15) is 19.8 Å². The summed E-state index contributed by atoms with van der Waals surface area (Å²) >= 11 is 1.59. The van der Waals surface area contributed by atoms with Gasteiger partial charge < -0.3 is 39.9 Å². The number of hydrogen-bond donors (Lipinski definition) is 4. The number of rotatable bonds is 13. The van der Waals surface area contributed by atoms with Crippen LogP contribution in [-0.2, 0) is 16.0 Å². The Hall–Kier alpha value is -5.62. The molecular formula is C46H56N10O6S. The molecule has 0 spiro atoms. The fourth-order valence-corrected chi connectivity index (χ4v) is 10.5. The molecule has 0 aliphatic carbocycles. The van der Waals surface area contributed by atoms with Gasteiger partial charge in [0, 0.05) is 63.4 Å². The molecule has 1 unspecified atom stereocenters. The van der Waals surface area contributed by atoms with Crippen LogP contribution in [0.4, 0.5) is 11.5 Å². The number of nitrogens with zero attached hydrogens (tertiary/aromatic N) is 8. The molecule has 0 saturated carbocycles. The third-order valence-electron chi connectivity index (χ3n) is 13.4. The summed E-state index contributed by atoms with van der Waals surface area (Å²) in [7, 11) is 0. The SMILES string of the molecule is Cc1ncsc1-c1ccc([C@H](C)NC(=O)[C@@H]2C[C@@H](O)CN2C(=O)Cc2cc(OCCN3CCC(C(C)N4CCN5c6cc(-c7ccccc7O)nnc6NC[C@H]5C4)CC3)no2)cc1. The highest BCUT2D eigenvalue weighted by Crippen LogP contribution is 2.37. The number of likely N-dealkylation sites (tertiary alicyclic amines) is 2. The molecule has 0 radical (unpaired) electrons. The molecule has 4 aliphatic rings. The number of fused-ring (bicyclic) bond motifs is 3. The molecule has 3 fully saturated rings. The van der Waals surface area contributed by atoms with E-state index in [2.05, 4.69) is 52.6 Å². The molecule has 2 amide bonds. The Labute approximate surface area is 371 Å². The second-order valence-electron chi connectivity index (χ2n) is 17.4. The van der Waals surface area contributed by atoms with Gasteiger partial charge in [-0.05, 0) is 87.1 Å². The molecule has 3 aromatic heterocycles. The molecule has 3 saturated heterocycles. The predicted octanol–water partition coefficient (Wildman–Crippen LogP) is 4.75. The summed E-state index contributed by atoms with van der Waals surface area (Å²) in [6.45, 7) is 13.2. The zero-order valence-corrected chi connectivity index (χ0v) is 36.8. The lowest BCUT2D eigenvalue weighted by molar-refractivity contribution is -0.138. The van der Waals surface area contributed by atoms with E-state index in [1.807, 2.05) is 67.9 Å². The van der Waals surface area contributed by atoms with Gasteiger partial charge in [0.1, 0.15) is 24.2 Å². The highest BCUT2D eigenvalue weighted by Gasteiger charge is 2.40. The Kier molecular flexibility index (Phi) is 12.6. The number of carbonyl (C=O) groups is 2. The topological polar surface area (TPSA) is 186 Å². The fourth-order valence-electron chi connectivity index (χ4n) is 9.67. The molecule has 9 rings (SSSR count). The number of β-amino-alcohol motifs (C(OH)–C–C–N with tert-alkyl or cyclic N) is 1.